The molecule has 3 N–H and O–H groups in total. The van der Waals surface area contributed by atoms with Crippen molar-refractivity contribution in [3.63, 3.8) is 0 Å². The molecule has 0 radical (unpaired) electrons. The molecular formula is C25H35N3O4. The summed E-state index contributed by atoms with van der Waals surface area (Å²) in [6.07, 6.45) is 3.57. The number of pyridine rings is 1. The zero-order chi connectivity index (χ0) is 23.4. The second-order valence-corrected chi connectivity index (χ2v) is 11.1. The molecule has 0 spiro atoms. The number of primary amides is 1. The van der Waals surface area contributed by atoms with Gasteiger partial charge in [0.05, 0.1) is 17.2 Å². The number of aryl methyl sites for hydroxylation is 1. The van der Waals surface area contributed by atoms with E-state index in [0.717, 1.165) is 24.2 Å². The van der Waals surface area contributed by atoms with E-state index in [1.807, 2.05) is 40.7 Å². The van der Waals surface area contributed by atoms with Crippen LogP contribution in [0.2, 0.25) is 0 Å². The highest BCUT2D eigenvalue weighted by Crippen LogP contribution is 2.58. The van der Waals surface area contributed by atoms with E-state index in [9.17, 15) is 14.4 Å². The van der Waals surface area contributed by atoms with Crippen LogP contribution in [0.4, 0.5) is 0 Å². The van der Waals surface area contributed by atoms with Gasteiger partial charge in [0, 0.05) is 11.6 Å². The minimum absolute atomic E-state index is 0.0619. The Bertz CT molecular complexity index is 949. The van der Waals surface area contributed by atoms with Crippen LogP contribution in [0.5, 0.6) is 0 Å². The summed E-state index contributed by atoms with van der Waals surface area (Å²) in [6, 6.07) is 3.63. The number of hydrogen-bond donors (Lipinski definition) is 2. The fraction of sp³-hybridized carbons (Fsp3) is 0.680. The highest BCUT2D eigenvalue weighted by atomic mass is 16.6. The molecule has 0 aromatic carbocycles. The maximum absolute atomic E-state index is 13.3. The largest absolute Gasteiger partial charge is 0.460 e. The zero-order valence-corrected chi connectivity index (χ0v) is 19.7. The van der Waals surface area contributed by atoms with Gasteiger partial charge in [0.25, 0.3) is 5.91 Å². The highest BCUT2D eigenvalue weighted by molar-refractivity contribution is 6.00. The predicted octanol–water partition coefficient (Wildman–Crippen LogP) is 3.25. The van der Waals surface area contributed by atoms with Crippen molar-refractivity contribution in [1.29, 1.82) is 0 Å². The summed E-state index contributed by atoms with van der Waals surface area (Å²) in [5.41, 5.74) is 6.47. The van der Waals surface area contributed by atoms with E-state index in [2.05, 4.69) is 10.3 Å². The molecule has 0 saturated heterocycles. The van der Waals surface area contributed by atoms with Crippen LogP contribution in [0.15, 0.2) is 12.1 Å². The van der Waals surface area contributed by atoms with Crippen molar-refractivity contribution in [3.05, 3.63) is 29.1 Å². The van der Waals surface area contributed by atoms with Crippen molar-refractivity contribution < 1.29 is 19.1 Å². The van der Waals surface area contributed by atoms with Crippen LogP contribution in [0.3, 0.4) is 0 Å². The van der Waals surface area contributed by atoms with Gasteiger partial charge in [-0.1, -0.05) is 6.92 Å². The van der Waals surface area contributed by atoms with Crippen LogP contribution in [0, 0.1) is 30.6 Å². The van der Waals surface area contributed by atoms with E-state index in [1.54, 1.807) is 6.07 Å². The number of carbonyl (C=O) groups excluding carboxylic acids is 3. The minimum atomic E-state index is -1.12. The predicted molar refractivity (Wildman–Crippen MR) is 120 cm³/mol. The molecule has 3 unspecified atom stereocenters. The molecule has 3 aliphatic rings. The smallest absolute Gasteiger partial charge is 0.310 e. The summed E-state index contributed by atoms with van der Waals surface area (Å²) >= 11 is 0. The van der Waals surface area contributed by atoms with Crippen molar-refractivity contribution >= 4 is 17.8 Å². The quantitative estimate of drug-likeness (QED) is 0.682. The highest BCUT2D eigenvalue weighted by Gasteiger charge is 2.61. The Kier molecular flexibility index (Phi) is 5.58. The first-order chi connectivity index (χ1) is 14.9. The maximum Gasteiger partial charge on any atom is 0.310 e. The van der Waals surface area contributed by atoms with Gasteiger partial charge in [-0.3, -0.25) is 19.4 Å². The van der Waals surface area contributed by atoms with Gasteiger partial charge in [-0.15, -0.1) is 0 Å². The fourth-order valence-corrected chi connectivity index (χ4v) is 5.57. The minimum Gasteiger partial charge on any atom is -0.460 e. The Morgan fingerprint density at radius 1 is 1.19 bits per heavy atom. The number of nitrogens with zero attached hydrogens (tertiary/aromatic N) is 1. The Hall–Kier alpha value is -2.44. The molecule has 0 bridgehead atoms. The summed E-state index contributed by atoms with van der Waals surface area (Å²) < 4.78 is 5.61. The molecule has 0 aliphatic heterocycles. The number of hydrogen-bond acceptors (Lipinski definition) is 5. The summed E-state index contributed by atoms with van der Waals surface area (Å²) in [4.78, 5) is 43.2. The standard InChI is InChI=1S/C25H35N3O4/c1-13-12-25(23(26)31,11-10-16-18(13)19(16)22(30)32-24(3,4)5)28-21(29)17-9-6-14(2)27-20(17)15-7-8-15/h6,9,13,15-16,18-19H,7-8,10-12H2,1-5H3,(H2,26,31)(H,28,29)/t13-,16?,18?,19?,25+/m0/s1. The molecule has 3 aliphatic carbocycles. The number of nitrogens with two attached hydrogens (primary N) is 1. The number of carbonyl (C=O) groups is 3. The Morgan fingerprint density at radius 3 is 2.47 bits per heavy atom. The lowest BCUT2D eigenvalue weighted by atomic mass is 9.82. The van der Waals surface area contributed by atoms with Crippen LogP contribution < -0.4 is 11.1 Å². The third kappa shape index (κ3) is 4.39. The average Bonchev–Trinajstić information content (AvgIpc) is 3.57. The Labute approximate surface area is 189 Å². The molecule has 1 aromatic heterocycles. The van der Waals surface area contributed by atoms with Gasteiger partial charge in [-0.05, 0) is 89.7 Å². The van der Waals surface area contributed by atoms with E-state index in [-0.39, 0.29) is 35.5 Å². The topological polar surface area (TPSA) is 111 Å². The van der Waals surface area contributed by atoms with Crippen LogP contribution in [-0.4, -0.2) is 33.9 Å². The fourth-order valence-electron chi connectivity index (χ4n) is 5.57. The molecule has 3 fully saturated rings. The monoisotopic (exact) mass is 441 g/mol. The van der Waals surface area contributed by atoms with Crippen molar-refractivity contribution in [2.24, 2.45) is 29.4 Å². The number of fused-ring (bicyclic) bond motifs is 1. The molecule has 5 atom stereocenters. The van der Waals surface area contributed by atoms with Gasteiger partial charge in [-0.2, -0.15) is 0 Å². The van der Waals surface area contributed by atoms with Gasteiger partial charge in [0.2, 0.25) is 5.91 Å². The van der Waals surface area contributed by atoms with Crippen LogP contribution in [0.1, 0.15) is 87.5 Å². The van der Waals surface area contributed by atoms with Gasteiger partial charge in [0.1, 0.15) is 11.1 Å². The Morgan fingerprint density at radius 2 is 1.88 bits per heavy atom. The summed E-state index contributed by atoms with van der Waals surface area (Å²) in [5, 5.41) is 3.01. The average molecular weight is 442 g/mol. The van der Waals surface area contributed by atoms with Crippen LogP contribution in [-0.2, 0) is 14.3 Å². The normalized spacial score (nSPS) is 31.8. The third-order valence-electron chi connectivity index (χ3n) is 7.24. The second kappa shape index (κ2) is 7.85. The number of aromatic nitrogens is 1. The van der Waals surface area contributed by atoms with E-state index >= 15 is 0 Å². The molecule has 7 nitrogen and oxygen atoms in total. The molecule has 7 heteroatoms. The van der Waals surface area contributed by atoms with E-state index in [1.165, 1.54) is 0 Å². The van der Waals surface area contributed by atoms with Crippen LogP contribution >= 0.6 is 0 Å². The number of esters is 1. The van der Waals surface area contributed by atoms with Crippen molar-refractivity contribution in [1.82, 2.24) is 10.3 Å². The molecule has 3 saturated carbocycles. The van der Waals surface area contributed by atoms with Gasteiger partial charge in [-0.25, -0.2) is 0 Å². The lowest BCUT2D eigenvalue weighted by Gasteiger charge is -2.33. The first-order valence-corrected chi connectivity index (χ1v) is 11.7. The SMILES string of the molecule is Cc1ccc(C(=O)N[C@]2(C(N)=O)CCC3C(C(=O)OC(C)(C)C)C3[C@@H](C)C2)c(C2CC2)n1. The van der Waals surface area contributed by atoms with Crippen LogP contribution in [0.25, 0.3) is 0 Å². The summed E-state index contributed by atoms with van der Waals surface area (Å²) in [5.74, 6) is -0.386. The first-order valence-electron chi connectivity index (χ1n) is 11.7. The van der Waals surface area contributed by atoms with E-state index in [0.29, 0.717) is 30.7 Å². The molecule has 1 aromatic rings. The number of nitrogens with one attached hydrogen (secondary N) is 1. The van der Waals surface area contributed by atoms with Crippen molar-refractivity contribution in [2.45, 2.75) is 83.8 Å². The first kappa shape index (κ1) is 22.7. The molecule has 4 rings (SSSR count). The molecular weight excluding hydrogens is 406 g/mol. The number of amides is 2. The summed E-state index contributed by atoms with van der Waals surface area (Å²) in [6.45, 7) is 9.57. The van der Waals surface area contributed by atoms with Gasteiger partial charge >= 0.3 is 5.97 Å². The van der Waals surface area contributed by atoms with Crippen molar-refractivity contribution in [2.75, 3.05) is 0 Å². The lowest BCUT2D eigenvalue weighted by Crippen LogP contribution is -2.58. The van der Waals surface area contributed by atoms with Gasteiger partial charge < -0.3 is 15.8 Å². The Balaban J connectivity index is 1.51. The molecule has 2 amide bonds. The maximum atomic E-state index is 13.3. The van der Waals surface area contributed by atoms with E-state index < -0.39 is 17.0 Å². The number of ether oxygens (including phenoxy) is 1. The second-order valence-electron chi connectivity index (χ2n) is 11.1. The summed E-state index contributed by atoms with van der Waals surface area (Å²) in [7, 11) is 0. The number of rotatable bonds is 5. The molecule has 1 heterocycles. The van der Waals surface area contributed by atoms with Crippen molar-refractivity contribution in [3.8, 4) is 0 Å². The lowest BCUT2D eigenvalue weighted by molar-refractivity contribution is -0.157. The zero-order valence-electron chi connectivity index (χ0n) is 19.7. The third-order valence-corrected chi connectivity index (χ3v) is 7.24. The van der Waals surface area contributed by atoms with E-state index in [4.69, 9.17) is 10.5 Å². The van der Waals surface area contributed by atoms with Gasteiger partial charge in [0.15, 0.2) is 0 Å². The molecule has 32 heavy (non-hydrogen) atoms. The molecule has 174 valence electrons.